The van der Waals surface area contributed by atoms with Gasteiger partial charge in [0.25, 0.3) is 0 Å². The summed E-state index contributed by atoms with van der Waals surface area (Å²) in [5, 5.41) is 11.4. The number of urea groups is 1. The molecule has 20 heavy (non-hydrogen) atoms. The van der Waals surface area contributed by atoms with Crippen LogP contribution in [0, 0.1) is 0 Å². The third-order valence-corrected chi connectivity index (χ3v) is 2.99. The van der Waals surface area contributed by atoms with E-state index < -0.39 is 12.1 Å². The van der Waals surface area contributed by atoms with Crippen LogP contribution >= 0.6 is 0 Å². The highest BCUT2D eigenvalue weighted by molar-refractivity contribution is 5.84. The summed E-state index contributed by atoms with van der Waals surface area (Å²) in [5.41, 5.74) is 0. The number of carboxylic acids is 1. The summed E-state index contributed by atoms with van der Waals surface area (Å²) in [4.78, 5) is 37.5. The van der Waals surface area contributed by atoms with Crippen LogP contribution < -0.4 is 5.32 Å². The molecule has 0 aliphatic carbocycles. The average molecular weight is 287 g/mol. The number of carboxylic acid groups (broad SMARTS) is 1. The lowest BCUT2D eigenvalue weighted by Gasteiger charge is -2.34. The minimum atomic E-state index is -1.09. The van der Waals surface area contributed by atoms with E-state index in [0.29, 0.717) is 13.1 Å². The Labute approximate surface area is 117 Å². The maximum atomic E-state index is 12.3. The van der Waals surface area contributed by atoms with Crippen molar-refractivity contribution in [1.82, 2.24) is 15.1 Å². The van der Waals surface area contributed by atoms with Crippen LogP contribution in [0.5, 0.6) is 0 Å². The summed E-state index contributed by atoms with van der Waals surface area (Å²) in [6.07, 6.45) is -0.286. The van der Waals surface area contributed by atoms with Gasteiger partial charge in [-0.2, -0.15) is 0 Å². The highest BCUT2D eigenvalue weighted by Gasteiger charge is 2.31. The van der Waals surface area contributed by atoms with Crippen molar-refractivity contribution in [2.45, 2.75) is 19.4 Å². The Balaban J connectivity index is 2.67. The maximum Gasteiger partial charge on any atom is 0.334 e. The van der Waals surface area contributed by atoms with Gasteiger partial charge in [-0.1, -0.05) is 6.92 Å². The second kappa shape index (κ2) is 7.68. The Morgan fingerprint density at radius 3 is 2.70 bits per heavy atom. The van der Waals surface area contributed by atoms with Crippen LogP contribution in [-0.2, 0) is 14.3 Å². The van der Waals surface area contributed by atoms with Crippen LogP contribution in [0.1, 0.15) is 13.3 Å². The first kappa shape index (κ1) is 16.2. The third-order valence-electron chi connectivity index (χ3n) is 2.99. The van der Waals surface area contributed by atoms with Crippen LogP contribution in [0.3, 0.4) is 0 Å². The molecule has 0 aromatic heterocycles. The summed E-state index contributed by atoms with van der Waals surface area (Å²) in [7, 11) is 1.51. The number of carbonyl (C=O) groups is 3. The van der Waals surface area contributed by atoms with Crippen LogP contribution in [-0.4, -0.2) is 78.8 Å². The van der Waals surface area contributed by atoms with Gasteiger partial charge in [-0.15, -0.1) is 0 Å². The fourth-order valence-corrected chi connectivity index (χ4v) is 1.94. The monoisotopic (exact) mass is 287 g/mol. The van der Waals surface area contributed by atoms with Crippen molar-refractivity contribution in [3.63, 3.8) is 0 Å². The van der Waals surface area contributed by atoms with Gasteiger partial charge in [0.05, 0.1) is 13.2 Å². The zero-order valence-electron chi connectivity index (χ0n) is 11.8. The fourth-order valence-electron chi connectivity index (χ4n) is 1.94. The standard InChI is InChI=1S/C12H21N3O5/c1-3-4-14(8-10(16)13-2)12(19)15-5-6-20-9(7-15)11(17)18/h9H,3-8H2,1-2H3,(H,13,16)(H,17,18). The Morgan fingerprint density at radius 2 is 2.15 bits per heavy atom. The van der Waals surface area contributed by atoms with Crippen molar-refractivity contribution in [3.05, 3.63) is 0 Å². The van der Waals surface area contributed by atoms with E-state index in [1.807, 2.05) is 6.92 Å². The molecule has 0 spiro atoms. The van der Waals surface area contributed by atoms with Gasteiger partial charge in [0.1, 0.15) is 6.54 Å². The highest BCUT2D eigenvalue weighted by atomic mass is 16.5. The largest absolute Gasteiger partial charge is 0.479 e. The van der Waals surface area contributed by atoms with Crippen molar-refractivity contribution in [1.29, 1.82) is 0 Å². The summed E-state index contributed by atoms with van der Waals surface area (Å²) in [6, 6.07) is -0.329. The molecule has 8 nitrogen and oxygen atoms in total. The molecule has 2 N–H and O–H groups in total. The van der Waals surface area contributed by atoms with E-state index in [0.717, 1.165) is 6.42 Å². The molecule has 3 amide bonds. The first-order valence-corrected chi connectivity index (χ1v) is 6.58. The van der Waals surface area contributed by atoms with Gasteiger partial charge in [-0.3, -0.25) is 4.79 Å². The molecule has 1 aliphatic rings. The molecule has 1 fully saturated rings. The second-order valence-electron chi connectivity index (χ2n) is 4.52. The molecule has 0 aromatic rings. The molecule has 1 unspecified atom stereocenters. The summed E-state index contributed by atoms with van der Waals surface area (Å²) >= 11 is 0. The molecular weight excluding hydrogens is 266 g/mol. The molecule has 114 valence electrons. The average Bonchev–Trinajstić information content (AvgIpc) is 2.45. The molecule has 8 heteroatoms. The number of hydrogen-bond donors (Lipinski definition) is 2. The molecule has 1 heterocycles. The summed E-state index contributed by atoms with van der Waals surface area (Å²) in [5.74, 6) is -1.34. The molecule has 1 saturated heterocycles. The summed E-state index contributed by atoms with van der Waals surface area (Å²) < 4.78 is 5.07. The van der Waals surface area contributed by atoms with Gasteiger partial charge in [-0.25, -0.2) is 9.59 Å². The topological polar surface area (TPSA) is 99.2 Å². The molecule has 1 rings (SSSR count). The van der Waals surface area contributed by atoms with Crippen molar-refractivity contribution < 1.29 is 24.2 Å². The van der Waals surface area contributed by atoms with Gasteiger partial charge in [0, 0.05) is 20.1 Å². The van der Waals surface area contributed by atoms with Crippen LogP contribution in [0.4, 0.5) is 4.79 Å². The number of morpholine rings is 1. The number of carbonyl (C=O) groups excluding carboxylic acids is 2. The highest BCUT2D eigenvalue weighted by Crippen LogP contribution is 2.09. The van der Waals surface area contributed by atoms with Gasteiger partial charge in [0.2, 0.25) is 5.91 Å². The smallest absolute Gasteiger partial charge is 0.334 e. The van der Waals surface area contributed by atoms with Crippen LogP contribution in [0.15, 0.2) is 0 Å². The third kappa shape index (κ3) is 4.37. The van der Waals surface area contributed by atoms with E-state index >= 15 is 0 Å². The Hall–Kier alpha value is -1.83. The first-order valence-electron chi connectivity index (χ1n) is 6.58. The predicted octanol–water partition coefficient (Wildman–Crippen LogP) is -0.650. The Bertz CT molecular complexity index is 374. The number of aliphatic carboxylic acids is 1. The van der Waals surface area contributed by atoms with E-state index in [-0.39, 0.29) is 31.6 Å². The molecule has 0 aromatic carbocycles. The van der Waals surface area contributed by atoms with Crippen molar-refractivity contribution >= 4 is 17.9 Å². The molecule has 0 radical (unpaired) electrons. The van der Waals surface area contributed by atoms with E-state index in [9.17, 15) is 14.4 Å². The minimum Gasteiger partial charge on any atom is -0.479 e. The first-order chi connectivity index (χ1) is 9.49. The quantitative estimate of drug-likeness (QED) is 0.700. The molecule has 1 aliphatic heterocycles. The number of nitrogens with zero attached hydrogens (tertiary/aromatic N) is 2. The van der Waals surface area contributed by atoms with Gasteiger partial charge in [0.15, 0.2) is 6.10 Å². The zero-order chi connectivity index (χ0) is 15.1. The normalized spacial score (nSPS) is 18.5. The maximum absolute atomic E-state index is 12.3. The number of rotatable bonds is 5. The summed E-state index contributed by atoms with van der Waals surface area (Å²) in [6.45, 7) is 2.84. The van der Waals surface area contributed by atoms with Crippen LogP contribution in [0.2, 0.25) is 0 Å². The lowest BCUT2D eigenvalue weighted by molar-refractivity contribution is -0.154. The fraction of sp³-hybridized carbons (Fsp3) is 0.750. The number of amides is 3. The van der Waals surface area contributed by atoms with Crippen molar-refractivity contribution in [2.24, 2.45) is 0 Å². The van der Waals surface area contributed by atoms with E-state index in [1.165, 1.54) is 16.8 Å². The van der Waals surface area contributed by atoms with Crippen LogP contribution in [0.25, 0.3) is 0 Å². The Kier molecular flexibility index (Phi) is 6.23. The zero-order valence-corrected chi connectivity index (χ0v) is 11.8. The number of nitrogens with one attached hydrogen (secondary N) is 1. The van der Waals surface area contributed by atoms with Gasteiger partial charge < -0.3 is 25.0 Å². The van der Waals surface area contributed by atoms with Crippen molar-refractivity contribution in [3.8, 4) is 0 Å². The lowest BCUT2D eigenvalue weighted by Crippen LogP contribution is -2.54. The van der Waals surface area contributed by atoms with E-state index in [1.54, 1.807) is 0 Å². The Morgan fingerprint density at radius 1 is 1.45 bits per heavy atom. The van der Waals surface area contributed by atoms with Gasteiger partial charge in [-0.05, 0) is 6.42 Å². The molecule has 1 atom stereocenters. The minimum absolute atomic E-state index is 0.00211. The number of likely N-dealkylation sites (N-methyl/N-ethyl adjacent to an activating group) is 1. The lowest BCUT2D eigenvalue weighted by atomic mass is 10.3. The predicted molar refractivity (Wildman–Crippen MR) is 70.3 cm³/mol. The number of hydrogen-bond acceptors (Lipinski definition) is 4. The second-order valence-corrected chi connectivity index (χ2v) is 4.52. The molecular formula is C12H21N3O5. The molecule has 0 saturated carbocycles. The number of ether oxygens (including phenoxy) is 1. The van der Waals surface area contributed by atoms with E-state index in [4.69, 9.17) is 9.84 Å². The van der Waals surface area contributed by atoms with Crippen molar-refractivity contribution in [2.75, 3.05) is 39.8 Å². The van der Waals surface area contributed by atoms with E-state index in [2.05, 4.69) is 5.32 Å². The van der Waals surface area contributed by atoms with Gasteiger partial charge >= 0.3 is 12.0 Å². The SMILES string of the molecule is CCCN(CC(=O)NC)C(=O)N1CCOC(C(=O)O)C1. The molecule has 0 bridgehead atoms.